The van der Waals surface area contributed by atoms with Gasteiger partial charge in [0, 0.05) is 17.7 Å². The van der Waals surface area contributed by atoms with E-state index < -0.39 is 0 Å². The molecule has 5 heteroatoms. The van der Waals surface area contributed by atoms with E-state index in [1.165, 1.54) is 0 Å². The van der Waals surface area contributed by atoms with Crippen molar-refractivity contribution in [2.24, 2.45) is 11.7 Å². The van der Waals surface area contributed by atoms with Crippen LogP contribution in [0.4, 0.5) is 0 Å². The molecular weight excluding hydrogens is 256 g/mol. The Bertz CT molecular complexity index is 424. The van der Waals surface area contributed by atoms with Gasteiger partial charge in [-0.3, -0.25) is 4.79 Å². The topological polar surface area (TPSA) is 73.6 Å². The first-order valence-electron chi connectivity index (χ1n) is 6.75. The SMILES string of the molecule is COc1cc(OC)cc(C(=O)NC(CCN)C(C)C)c1. The van der Waals surface area contributed by atoms with E-state index in [1.807, 2.05) is 0 Å². The van der Waals surface area contributed by atoms with Gasteiger partial charge in [-0.25, -0.2) is 0 Å². The number of nitrogens with one attached hydrogen (secondary N) is 1. The fourth-order valence-electron chi connectivity index (χ4n) is 1.94. The number of carbonyl (C=O) groups is 1. The van der Waals surface area contributed by atoms with Gasteiger partial charge in [-0.1, -0.05) is 13.8 Å². The highest BCUT2D eigenvalue weighted by Crippen LogP contribution is 2.22. The van der Waals surface area contributed by atoms with Crippen molar-refractivity contribution >= 4 is 5.91 Å². The van der Waals surface area contributed by atoms with E-state index in [2.05, 4.69) is 19.2 Å². The lowest BCUT2D eigenvalue weighted by Crippen LogP contribution is -2.39. The molecule has 1 rings (SSSR count). The summed E-state index contributed by atoms with van der Waals surface area (Å²) in [6, 6.07) is 5.18. The van der Waals surface area contributed by atoms with Gasteiger partial charge in [0.05, 0.1) is 14.2 Å². The molecule has 0 bridgehead atoms. The van der Waals surface area contributed by atoms with Crippen LogP contribution in [0.15, 0.2) is 18.2 Å². The lowest BCUT2D eigenvalue weighted by molar-refractivity contribution is 0.0923. The molecule has 3 N–H and O–H groups in total. The minimum absolute atomic E-state index is 0.0599. The first kappa shape index (κ1) is 16.3. The minimum Gasteiger partial charge on any atom is -0.497 e. The van der Waals surface area contributed by atoms with Crippen molar-refractivity contribution in [3.63, 3.8) is 0 Å². The predicted molar refractivity (Wildman–Crippen MR) is 79.3 cm³/mol. The molecule has 0 aliphatic rings. The number of ether oxygens (including phenoxy) is 2. The maximum absolute atomic E-state index is 12.3. The third kappa shape index (κ3) is 4.42. The van der Waals surface area contributed by atoms with Gasteiger partial charge >= 0.3 is 0 Å². The molecule has 0 spiro atoms. The van der Waals surface area contributed by atoms with Gasteiger partial charge in [-0.05, 0) is 31.0 Å². The second-order valence-electron chi connectivity index (χ2n) is 5.00. The van der Waals surface area contributed by atoms with E-state index in [0.717, 1.165) is 6.42 Å². The summed E-state index contributed by atoms with van der Waals surface area (Å²) >= 11 is 0. The van der Waals surface area contributed by atoms with E-state index in [-0.39, 0.29) is 11.9 Å². The van der Waals surface area contributed by atoms with Crippen LogP contribution in [-0.4, -0.2) is 32.7 Å². The van der Waals surface area contributed by atoms with Crippen LogP contribution in [0.2, 0.25) is 0 Å². The second-order valence-corrected chi connectivity index (χ2v) is 5.00. The van der Waals surface area contributed by atoms with Crippen molar-refractivity contribution in [1.82, 2.24) is 5.32 Å². The van der Waals surface area contributed by atoms with Crippen LogP contribution in [0.1, 0.15) is 30.6 Å². The number of amides is 1. The van der Waals surface area contributed by atoms with Crippen LogP contribution in [0.5, 0.6) is 11.5 Å². The van der Waals surface area contributed by atoms with Gasteiger partial charge < -0.3 is 20.5 Å². The molecule has 5 nitrogen and oxygen atoms in total. The Hall–Kier alpha value is -1.75. The molecule has 0 fully saturated rings. The lowest BCUT2D eigenvalue weighted by atomic mass is 10.0. The molecule has 1 aromatic carbocycles. The van der Waals surface area contributed by atoms with Crippen LogP contribution in [0.25, 0.3) is 0 Å². The summed E-state index contributed by atoms with van der Waals surface area (Å²) in [4.78, 5) is 12.3. The highest BCUT2D eigenvalue weighted by Gasteiger charge is 2.17. The number of carbonyl (C=O) groups excluding carboxylic acids is 1. The minimum atomic E-state index is -0.144. The average molecular weight is 280 g/mol. The Kier molecular flexibility index (Phi) is 6.31. The zero-order valence-corrected chi connectivity index (χ0v) is 12.6. The van der Waals surface area contributed by atoms with Gasteiger partial charge in [0.15, 0.2) is 0 Å². The monoisotopic (exact) mass is 280 g/mol. The van der Waals surface area contributed by atoms with Crippen LogP contribution < -0.4 is 20.5 Å². The molecular formula is C15H24N2O3. The van der Waals surface area contributed by atoms with Crippen molar-refractivity contribution in [1.29, 1.82) is 0 Å². The Morgan fingerprint density at radius 2 is 1.75 bits per heavy atom. The molecule has 0 saturated carbocycles. The molecule has 20 heavy (non-hydrogen) atoms. The van der Waals surface area contributed by atoms with Gasteiger partial charge in [0.25, 0.3) is 5.91 Å². The first-order valence-corrected chi connectivity index (χ1v) is 6.75. The molecule has 0 radical (unpaired) electrons. The summed E-state index contributed by atoms with van der Waals surface area (Å²) in [5.74, 6) is 1.37. The van der Waals surface area contributed by atoms with Crippen LogP contribution in [-0.2, 0) is 0 Å². The molecule has 1 amide bonds. The fraction of sp³-hybridized carbons (Fsp3) is 0.533. The molecule has 1 aromatic rings. The third-order valence-corrected chi connectivity index (χ3v) is 3.21. The summed E-state index contributed by atoms with van der Waals surface area (Å²) in [7, 11) is 3.11. The van der Waals surface area contributed by atoms with Gasteiger partial charge in [-0.15, -0.1) is 0 Å². The zero-order chi connectivity index (χ0) is 15.1. The number of benzene rings is 1. The highest BCUT2D eigenvalue weighted by atomic mass is 16.5. The predicted octanol–water partition coefficient (Wildman–Crippen LogP) is 1.81. The fourth-order valence-corrected chi connectivity index (χ4v) is 1.94. The molecule has 0 aliphatic heterocycles. The summed E-state index contributed by atoms with van der Waals surface area (Å²) in [6.07, 6.45) is 0.754. The van der Waals surface area contributed by atoms with E-state index in [0.29, 0.717) is 29.5 Å². The Balaban J connectivity index is 2.90. The summed E-state index contributed by atoms with van der Waals surface area (Å²) in [5.41, 5.74) is 6.10. The van der Waals surface area contributed by atoms with Crippen molar-refractivity contribution in [2.75, 3.05) is 20.8 Å². The zero-order valence-electron chi connectivity index (χ0n) is 12.6. The highest BCUT2D eigenvalue weighted by molar-refractivity contribution is 5.95. The normalized spacial score (nSPS) is 12.1. The van der Waals surface area contributed by atoms with E-state index in [4.69, 9.17) is 15.2 Å². The van der Waals surface area contributed by atoms with Crippen LogP contribution in [0.3, 0.4) is 0 Å². The van der Waals surface area contributed by atoms with Crippen molar-refractivity contribution in [2.45, 2.75) is 26.3 Å². The molecule has 112 valence electrons. The summed E-state index contributed by atoms with van der Waals surface area (Å²) in [6.45, 7) is 4.67. The van der Waals surface area contributed by atoms with E-state index >= 15 is 0 Å². The van der Waals surface area contributed by atoms with Crippen molar-refractivity contribution in [3.05, 3.63) is 23.8 Å². The number of hydrogen-bond acceptors (Lipinski definition) is 4. The van der Waals surface area contributed by atoms with E-state index in [1.54, 1.807) is 32.4 Å². The van der Waals surface area contributed by atoms with Gasteiger partial charge in [-0.2, -0.15) is 0 Å². The largest absolute Gasteiger partial charge is 0.497 e. The smallest absolute Gasteiger partial charge is 0.251 e. The molecule has 0 aliphatic carbocycles. The summed E-state index contributed by atoms with van der Waals surface area (Å²) in [5, 5.41) is 3.01. The standard InChI is InChI=1S/C15H24N2O3/c1-10(2)14(5-6-16)17-15(18)11-7-12(19-3)9-13(8-11)20-4/h7-10,14H,5-6,16H2,1-4H3,(H,17,18). The number of nitrogens with two attached hydrogens (primary N) is 1. The maximum atomic E-state index is 12.3. The number of methoxy groups -OCH3 is 2. The Morgan fingerprint density at radius 1 is 1.20 bits per heavy atom. The molecule has 1 unspecified atom stereocenters. The van der Waals surface area contributed by atoms with Crippen molar-refractivity contribution < 1.29 is 14.3 Å². The second kappa shape index (κ2) is 7.75. The third-order valence-electron chi connectivity index (χ3n) is 3.21. The van der Waals surface area contributed by atoms with Gasteiger partial charge in [0.2, 0.25) is 0 Å². The van der Waals surface area contributed by atoms with Gasteiger partial charge in [0.1, 0.15) is 11.5 Å². The van der Waals surface area contributed by atoms with Crippen LogP contribution >= 0.6 is 0 Å². The lowest BCUT2D eigenvalue weighted by Gasteiger charge is -2.22. The average Bonchev–Trinajstić information content (AvgIpc) is 2.45. The number of rotatable bonds is 7. The quantitative estimate of drug-likeness (QED) is 0.799. The Morgan fingerprint density at radius 3 is 2.15 bits per heavy atom. The number of hydrogen-bond donors (Lipinski definition) is 2. The summed E-state index contributed by atoms with van der Waals surface area (Å²) < 4.78 is 10.3. The van der Waals surface area contributed by atoms with Crippen molar-refractivity contribution in [3.8, 4) is 11.5 Å². The first-order chi connectivity index (χ1) is 9.51. The van der Waals surface area contributed by atoms with Crippen LogP contribution in [0, 0.1) is 5.92 Å². The molecule has 0 heterocycles. The molecule has 0 saturated heterocycles. The Labute approximate surface area is 120 Å². The van der Waals surface area contributed by atoms with E-state index in [9.17, 15) is 4.79 Å². The molecule has 0 aromatic heterocycles. The maximum Gasteiger partial charge on any atom is 0.251 e. The molecule has 1 atom stereocenters.